The van der Waals surface area contributed by atoms with Crippen molar-refractivity contribution in [2.24, 2.45) is 0 Å². The van der Waals surface area contributed by atoms with Gasteiger partial charge in [0.05, 0.1) is 18.5 Å². The molecule has 2 aromatic rings. The lowest BCUT2D eigenvalue weighted by Gasteiger charge is -2.14. The highest BCUT2D eigenvalue weighted by molar-refractivity contribution is 5.52. The van der Waals surface area contributed by atoms with Crippen molar-refractivity contribution in [1.29, 1.82) is 0 Å². The first-order valence-corrected chi connectivity index (χ1v) is 5.89. The number of methoxy groups -OCH3 is 1. The minimum Gasteiger partial charge on any atom is -0.491 e. The maximum absolute atomic E-state index is 5.82. The largest absolute Gasteiger partial charge is 0.491 e. The van der Waals surface area contributed by atoms with Crippen molar-refractivity contribution >= 4 is 5.82 Å². The van der Waals surface area contributed by atoms with Crippen LogP contribution in [0.4, 0.5) is 5.82 Å². The molecule has 2 aromatic heterocycles. The zero-order valence-electron chi connectivity index (χ0n) is 10.1. The highest BCUT2D eigenvalue weighted by Gasteiger charge is 2.29. The van der Waals surface area contributed by atoms with E-state index in [4.69, 9.17) is 10.5 Å². The van der Waals surface area contributed by atoms with E-state index < -0.39 is 0 Å². The van der Waals surface area contributed by atoms with Crippen LogP contribution in [-0.2, 0) is 6.42 Å². The van der Waals surface area contributed by atoms with Crippen molar-refractivity contribution in [2.75, 3.05) is 12.8 Å². The standard InChI is InChI=1S/C13H14N4O/c1-18-12-11(16-7-17-13(12)14)9-5-4-8-3-2-6-15-10(8)9/h2-3,6-7,9H,4-5H2,1H3,(H2,14,16,17). The van der Waals surface area contributed by atoms with Gasteiger partial charge in [0.1, 0.15) is 6.33 Å². The summed E-state index contributed by atoms with van der Waals surface area (Å²) in [6.07, 6.45) is 5.29. The van der Waals surface area contributed by atoms with E-state index in [2.05, 4.69) is 21.0 Å². The van der Waals surface area contributed by atoms with Crippen molar-refractivity contribution in [3.63, 3.8) is 0 Å². The molecule has 2 N–H and O–H groups in total. The van der Waals surface area contributed by atoms with E-state index in [9.17, 15) is 0 Å². The molecule has 18 heavy (non-hydrogen) atoms. The molecule has 1 atom stereocenters. The Hall–Kier alpha value is -2.17. The van der Waals surface area contributed by atoms with Crippen molar-refractivity contribution < 1.29 is 4.74 Å². The van der Waals surface area contributed by atoms with E-state index >= 15 is 0 Å². The van der Waals surface area contributed by atoms with Gasteiger partial charge >= 0.3 is 0 Å². The Labute approximate surface area is 105 Å². The molecule has 0 bridgehead atoms. The monoisotopic (exact) mass is 242 g/mol. The summed E-state index contributed by atoms with van der Waals surface area (Å²) in [5.41, 5.74) is 9.02. The number of fused-ring (bicyclic) bond motifs is 1. The van der Waals surface area contributed by atoms with Crippen LogP contribution in [0, 0.1) is 0 Å². The summed E-state index contributed by atoms with van der Waals surface area (Å²) < 4.78 is 5.33. The molecule has 2 heterocycles. The van der Waals surface area contributed by atoms with E-state index in [0.29, 0.717) is 11.6 Å². The van der Waals surface area contributed by atoms with Gasteiger partial charge in [0, 0.05) is 12.1 Å². The molecule has 0 amide bonds. The fourth-order valence-electron chi connectivity index (χ4n) is 2.54. The van der Waals surface area contributed by atoms with Crippen LogP contribution in [0.5, 0.6) is 5.75 Å². The Balaban J connectivity index is 2.10. The van der Waals surface area contributed by atoms with Gasteiger partial charge in [0.25, 0.3) is 0 Å². The van der Waals surface area contributed by atoms with Crippen molar-refractivity contribution in [3.8, 4) is 5.75 Å². The molecular formula is C13H14N4O. The lowest BCUT2D eigenvalue weighted by atomic mass is 10.0. The van der Waals surface area contributed by atoms with Crippen LogP contribution in [-0.4, -0.2) is 22.1 Å². The second-order valence-corrected chi connectivity index (χ2v) is 4.32. The number of hydrogen-bond acceptors (Lipinski definition) is 5. The summed E-state index contributed by atoms with van der Waals surface area (Å²) >= 11 is 0. The van der Waals surface area contributed by atoms with Gasteiger partial charge in [-0.3, -0.25) is 4.98 Å². The van der Waals surface area contributed by atoms with Gasteiger partial charge < -0.3 is 10.5 Å². The number of rotatable bonds is 2. The van der Waals surface area contributed by atoms with E-state index in [1.165, 1.54) is 11.9 Å². The highest BCUT2D eigenvalue weighted by Crippen LogP contribution is 2.40. The number of nitrogens with two attached hydrogens (primary N) is 1. The maximum Gasteiger partial charge on any atom is 0.183 e. The van der Waals surface area contributed by atoms with E-state index in [0.717, 1.165) is 24.2 Å². The van der Waals surface area contributed by atoms with Gasteiger partial charge in [-0.25, -0.2) is 9.97 Å². The summed E-state index contributed by atoms with van der Waals surface area (Å²) in [7, 11) is 1.59. The molecule has 1 unspecified atom stereocenters. The average Bonchev–Trinajstić information content (AvgIpc) is 2.82. The lowest BCUT2D eigenvalue weighted by Crippen LogP contribution is -2.07. The average molecular weight is 242 g/mol. The SMILES string of the molecule is COc1c(N)ncnc1C1CCc2cccnc21. The van der Waals surface area contributed by atoms with E-state index in [1.807, 2.05) is 12.3 Å². The lowest BCUT2D eigenvalue weighted by molar-refractivity contribution is 0.404. The normalized spacial score (nSPS) is 17.5. The molecular weight excluding hydrogens is 228 g/mol. The van der Waals surface area contributed by atoms with Crippen LogP contribution in [0.1, 0.15) is 29.3 Å². The molecule has 0 fully saturated rings. The predicted molar refractivity (Wildman–Crippen MR) is 67.4 cm³/mol. The highest BCUT2D eigenvalue weighted by atomic mass is 16.5. The second-order valence-electron chi connectivity index (χ2n) is 4.32. The fourth-order valence-corrected chi connectivity index (χ4v) is 2.54. The molecule has 0 saturated carbocycles. The summed E-state index contributed by atoms with van der Waals surface area (Å²) in [5, 5.41) is 0. The second kappa shape index (κ2) is 4.25. The first-order valence-electron chi connectivity index (χ1n) is 5.89. The molecule has 1 aliphatic carbocycles. The third-order valence-electron chi connectivity index (χ3n) is 3.35. The molecule has 0 radical (unpaired) electrons. The third-order valence-corrected chi connectivity index (χ3v) is 3.35. The number of pyridine rings is 1. The van der Waals surface area contributed by atoms with Crippen LogP contribution in [0.2, 0.25) is 0 Å². The Morgan fingerprint density at radius 2 is 2.17 bits per heavy atom. The van der Waals surface area contributed by atoms with Crippen molar-refractivity contribution in [3.05, 3.63) is 41.6 Å². The number of nitrogens with zero attached hydrogens (tertiary/aromatic N) is 3. The molecule has 1 aliphatic rings. The molecule has 0 aliphatic heterocycles. The van der Waals surface area contributed by atoms with Crippen LogP contribution < -0.4 is 10.5 Å². The predicted octanol–water partition coefficient (Wildman–Crippen LogP) is 1.54. The van der Waals surface area contributed by atoms with Crippen LogP contribution in [0.3, 0.4) is 0 Å². The number of aryl methyl sites for hydroxylation is 1. The first kappa shape index (κ1) is 11.0. The van der Waals surface area contributed by atoms with Crippen LogP contribution in [0.25, 0.3) is 0 Å². The van der Waals surface area contributed by atoms with Gasteiger partial charge in [-0.2, -0.15) is 0 Å². The zero-order chi connectivity index (χ0) is 12.5. The third kappa shape index (κ3) is 1.59. The Morgan fingerprint density at radius 1 is 1.28 bits per heavy atom. The summed E-state index contributed by atoms with van der Waals surface area (Å²) in [6, 6.07) is 4.08. The van der Waals surface area contributed by atoms with Gasteiger partial charge in [0.2, 0.25) is 0 Å². The minimum atomic E-state index is 0.154. The van der Waals surface area contributed by atoms with Gasteiger partial charge in [-0.15, -0.1) is 0 Å². The molecule has 0 aromatic carbocycles. The maximum atomic E-state index is 5.82. The molecule has 5 heteroatoms. The van der Waals surface area contributed by atoms with Gasteiger partial charge in [0.15, 0.2) is 11.6 Å². The number of anilines is 1. The summed E-state index contributed by atoms with van der Waals surface area (Å²) in [4.78, 5) is 12.8. The van der Waals surface area contributed by atoms with Crippen molar-refractivity contribution in [2.45, 2.75) is 18.8 Å². The van der Waals surface area contributed by atoms with E-state index in [-0.39, 0.29) is 5.92 Å². The quantitative estimate of drug-likeness (QED) is 0.864. The van der Waals surface area contributed by atoms with E-state index in [1.54, 1.807) is 7.11 Å². The van der Waals surface area contributed by atoms with Crippen LogP contribution >= 0.6 is 0 Å². The number of ether oxygens (including phenoxy) is 1. The van der Waals surface area contributed by atoms with Gasteiger partial charge in [-0.05, 0) is 24.5 Å². The fraction of sp³-hybridized carbons (Fsp3) is 0.308. The Bertz CT molecular complexity index is 585. The van der Waals surface area contributed by atoms with Crippen molar-refractivity contribution in [1.82, 2.24) is 15.0 Å². The Morgan fingerprint density at radius 3 is 3.00 bits per heavy atom. The summed E-state index contributed by atoms with van der Waals surface area (Å²) in [5.74, 6) is 1.11. The molecule has 0 saturated heterocycles. The topological polar surface area (TPSA) is 73.9 Å². The number of hydrogen-bond donors (Lipinski definition) is 1. The first-order chi connectivity index (χ1) is 8.81. The molecule has 0 spiro atoms. The zero-order valence-corrected chi connectivity index (χ0v) is 10.1. The minimum absolute atomic E-state index is 0.154. The summed E-state index contributed by atoms with van der Waals surface area (Å²) in [6.45, 7) is 0. The molecule has 3 rings (SSSR count). The number of aromatic nitrogens is 3. The van der Waals surface area contributed by atoms with Gasteiger partial charge in [-0.1, -0.05) is 6.07 Å². The smallest absolute Gasteiger partial charge is 0.183 e. The van der Waals surface area contributed by atoms with Crippen LogP contribution in [0.15, 0.2) is 24.7 Å². The molecule has 5 nitrogen and oxygen atoms in total. The Kier molecular flexibility index (Phi) is 2.59. The number of nitrogen functional groups attached to an aromatic ring is 1. The molecule has 92 valence electrons.